The molecule has 1 aromatic carbocycles. The zero-order valence-corrected chi connectivity index (χ0v) is 15.5. The summed E-state index contributed by atoms with van der Waals surface area (Å²) in [7, 11) is 0. The monoisotopic (exact) mass is 392 g/mol. The first-order valence-electron chi connectivity index (χ1n) is 9.74. The standard InChI is InChI=1S/C20H17FN6O2/c21-12-3-4-15-14(9-12)18(26-7-5-13(28)6-8-26)24-19-16(22-10-27(15)19)17-23-20(29-25-17)11-1-2-11/h3-4,9-11H,1-2,5-8H2. The largest absolute Gasteiger partial charge is 0.355 e. The maximum absolute atomic E-state index is 14.0. The van der Waals surface area contributed by atoms with Gasteiger partial charge >= 0.3 is 0 Å². The third-order valence-corrected chi connectivity index (χ3v) is 5.61. The summed E-state index contributed by atoms with van der Waals surface area (Å²) < 4.78 is 21.2. The van der Waals surface area contributed by atoms with Gasteiger partial charge in [0.2, 0.25) is 11.7 Å². The number of hydrogen-bond acceptors (Lipinski definition) is 7. The SMILES string of the molecule is O=C1CCN(c2nc3c(-c4noc(C5CC5)n4)ncn3c3ccc(F)cc23)CC1. The highest BCUT2D eigenvalue weighted by atomic mass is 19.1. The lowest BCUT2D eigenvalue weighted by molar-refractivity contribution is -0.119. The highest BCUT2D eigenvalue weighted by molar-refractivity contribution is 5.94. The van der Waals surface area contributed by atoms with Crippen LogP contribution in [0.2, 0.25) is 0 Å². The molecule has 0 atom stereocenters. The molecule has 6 rings (SSSR count). The van der Waals surface area contributed by atoms with Crippen molar-refractivity contribution in [2.45, 2.75) is 31.6 Å². The fraction of sp³-hybridized carbons (Fsp3) is 0.350. The molecule has 4 aromatic rings. The smallest absolute Gasteiger partial charge is 0.230 e. The number of fused-ring (bicyclic) bond motifs is 3. The van der Waals surface area contributed by atoms with Gasteiger partial charge in [-0.15, -0.1) is 0 Å². The zero-order valence-electron chi connectivity index (χ0n) is 15.5. The highest BCUT2D eigenvalue weighted by Gasteiger charge is 2.31. The van der Waals surface area contributed by atoms with E-state index < -0.39 is 0 Å². The number of piperidine rings is 1. The maximum Gasteiger partial charge on any atom is 0.230 e. The Bertz CT molecular complexity index is 1260. The summed E-state index contributed by atoms with van der Waals surface area (Å²) >= 11 is 0. The summed E-state index contributed by atoms with van der Waals surface area (Å²) in [5.74, 6) is 1.94. The molecule has 1 aliphatic heterocycles. The molecule has 0 amide bonds. The Morgan fingerprint density at radius 3 is 2.76 bits per heavy atom. The Balaban J connectivity index is 1.56. The van der Waals surface area contributed by atoms with Crippen LogP contribution in [0, 0.1) is 5.82 Å². The van der Waals surface area contributed by atoms with Crippen LogP contribution in [0.5, 0.6) is 0 Å². The van der Waals surface area contributed by atoms with E-state index in [1.54, 1.807) is 12.4 Å². The number of carbonyl (C=O) groups is 1. The number of halogens is 1. The van der Waals surface area contributed by atoms with Crippen molar-refractivity contribution in [3.8, 4) is 11.5 Å². The van der Waals surface area contributed by atoms with Gasteiger partial charge in [0.05, 0.1) is 5.52 Å². The van der Waals surface area contributed by atoms with E-state index in [-0.39, 0.29) is 11.6 Å². The third-order valence-electron chi connectivity index (χ3n) is 5.61. The van der Waals surface area contributed by atoms with Crippen molar-refractivity contribution in [1.82, 2.24) is 24.5 Å². The number of carbonyl (C=O) groups excluding carboxylic acids is 1. The fourth-order valence-corrected chi connectivity index (χ4v) is 3.88. The minimum Gasteiger partial charge on any atom is -0.355 e. The van der Waals surface area contributed by atoms with Crippen LogP contribution in [0.25, 0.3) is 28.1 Å². The molecule has 0 N–H and O–H groups in total. The second-order valence-corrected chi connectivity index (χ2v) is 7.64. The fourth-order valence-electron chi connectivity index (χ4n) is 3.88. The molecule has 2 aliphatic rings. The molecule has 0 unspecified atom stereocenters. The zero-order chi connectivity index (χ0) is 19.5. The summed E-state index contributed by atoms with van der Waals surface area (Å²) in [6.07, 6.45) is 4.71. The number of benzene rings is 1. The van der Waals surface area contributed by atoms with Crippen molar-refractivity contribution in [3.05, 3.63) is 36.2 Å². The minimum atomic E-state index is -0.333. The van der Waals surface area contributed by atoms with Gasteiger partial charge in [0, 0.05) is 37.2 Å². The molecule has 29 heavy (non-hydrogen) atoms. The Labute approximate surface area is 164 Å². The number of hydrogen-bond donors (Lipinski definition) is 0. The summed E-state index contributed by atoms with van der Waals surface area (Å²) in [6, 6.07) is 4.62. The van der Waals surface area contributed by atoms with Crippen LogP contribution in [0.1, 0.15) is 37.5 Å². The first-order chi connectivity index (χ1) is 14.2. The van der Waals surface area contributed by atoms with E-state index in [4.69, 9.17) is 9.51 Å². The van der Waals surface area contributed by atoms with E-state index >= 15 is 0 Å². The predicted molar refractivity (Wildman–Crippen MR) is 102 cm³/mol. The predicted octanol–water partition coefficient (Wildman–Crippen LogP) is 3.12. The third kappa shape index (κ3) is 2.68. The first-order valence-corrected chi connectivity index (χ1v) is 9.74. The van der Waals surface area contributed by atoms with Crippen molar-refractivity contribution >= 4 is 28.2 Å². The lowest BCUT2D eigenvalue weighted by Gasteiger charge is -2.28. The van der Waals surface area contributed by atoms with Gasteiger partial charge in [-0.05, 0) is 31.0 Å². The minimum absolute atomic E-state index is 0.238. The molecular formula is C20H17FN6O2. The quantitative estimate of drug-likeness (QED) is 0.529. The molecule has 8 nitrogen and oxygen atoms in total. The number of imidazole rings is 1. The number of nitrogens with zero attached hydrogens (tertiary/aromatic N) is 6. The number of aromatic nitrogens is 5. The Kier molecular flexibility index (Phi) is 3.47. The van der Waals surface area contributed by atoms with Crippen molar-refractivity contribution in [3.63, 3.8) is 0 Å². The molecule has 1 aliphatic carbocycles. The molecule has 0 bridgehead atoms. The second-order valence-electron chi connectivity index (χ2n) is 7.64. The molecule has 2 fully saturated rings. The van der Waals surface area contributed by atoms with E-state index in [0.29, 0.717) is 66.1 Å². The summed E-state index contributed by atoms with van der Waals surface area (Å²) in [4.78, 5) is 27.5. The van der Waals surface area contributed by atoms with Crippen molar-refractivity contribution in [2.24, 2.45) is 0 Å². The van der Waals surface area contributed by atoms with Crippen LogP contribution in [0.4, 0.5) is 10.2 Å². The number of anilines is 1. The van der Waals surface area contributed by atoms with Crippen molar-refractivity contribution in [2.75, 3.05) is 18.0 Å². The number of Topliss-reactive ketones (excluding diaryl/α,β-unsaturated/α-hetero) is 1. The summed E-state index contributed by atoms with van der Waals surface area (Å²) in [6.45, 7) is 1.12. The van der Waals surface area contributed by atoms with Crippen LogP contribution in [-0.2, 0) is 4.79 Å². The Morgan fingerprint density at radius 2 is 1.97 bits per heavy atom. The maximum atomic E-state index is 14.0. The van der Waals surface area contributed by atoms with Crippen LogP contribution in [0.3, 0.4) is 0 Å². The van der Waals surface area contributed by atoms with Crippen LogP contribution >= 0.6 is 0 Å². The lowest BCUT2D eigenvalue weighted by atomic mass is 10.1. The first kappa shape index (κ1) is 16.6. The average Bonchev–Trinajstić information content (AvgIpc) is 3.30. The molecule has 0 radical (unpaired) electrons. The van der Waals surface area contributed by atoms with Gasteiger partial charge in [0.25, 0.3) is 0 Å². The van der Waals surface area contributed by atoms with E-state index in [1.807, 2.05) is 9.30 Å². The second kappa shape index (κ2) is 6.07. The van der Waals surface area contributed by atoms with Crippen LogP contribution < -0.4 is 4.90 Å². The van der Waals surface area contributed by atoms with Gasteiger partial charge in [-0.25, -0.2) is 14.4 Å². The van der Waals surface area contributed by atoms with Gasteiger partial charge in [0.15, 0.2) is 11.3 Å². The van der Waals surface area contributed by atoms with E-state index in [9.17, 15) is 9.18 Å². The topological polar surface area (TPSA) is 89.4 Å². The van der Waals surface area contributed by atoms with Crippen LogP contribution in [-0.4, -0.2) is 43.4 Å². The van der Waals surface area contributed by atoms with Crippen molar-refractivity contribution in [1.29, 1.82) is 0 Å². The van der Waals surface area contributed by atoms with Gasteiger partial charge in [-0.1, -0.05) is 5.16 Å². The molecule has 4 heterocycles. The molecule has 146 valence electrons. The molecule has 3 aromatic heterocycles. The van der Waals surface area contributed by atoms with E-state index in [2.05, 4.69) is 15.1 Å². The summed E-state index contributed by atoms with van der Waals surface area (Å²) in [5.41, 5.74) is 1.90. The Morgan fingerprint density at radius 1 is 1.14 bits per heavy atom. The van der Waals surface area contributed by atoms with Gasteiger partial charge in [0.1, 0.15) is 23.7 Å². The number of rotatable bonds is 3. The van der Waals surface area contributed by atoms with E-state index in [0.717, 1.165) is 18.4 Å². The molecule has 9 heteroatoms. The average molecular weight is 392 g/mol. The van der Waals surface area contributed by atoms with E-state index in [1.165, 1.54) is 12.1 Å². The summed E-state index contributed by atoms with van der Waals surface area (Å²) in [5, 5.41) is 4.78. The van der Waals surface area contributed by atoms with Crippen LogP contribution in [0.15, 0.2) is 29.0 Å². The number of ketones is 1. The molecular weight excluding hydrogens is 375 g/mol. The molecule has 1 saturated heterocycles. The Hall–Kier alpha value is -3.36. The highest BCUT2D eigenvalue weighted by Crippen LogP contribution is 2.40. The molecule has 1 saturated carbocycles. The normalized spacial score (nSPS) is 17.6. The van der Waals surface area contributed by atoms with Gasteiger partial charge < -0.3 is 9.42 Å². The molecule has 0 spiro atoms. The lowest BCUT2D eigenvalue weighted by Crippen LogP contribution is -2.34. The van der Waals surface area contributed by atoms with Gasteiger partial charge in [-0.3, -0.25) is 9.20 Å². The van der Waals surface area contributed by atoms with Gasteiger partial charge in [-0.2, -0.15) is 4.98 Å². The van der Waals surface area contributed by atoms with Crippen molar-refractivity contribution < 1.29 is 13.7 Å².